The molecular formula is C17H20F2N2O2. The number of alkyl halides is 2. The van der Waals surface area contributed by atoms with Crippen LogP contribution in [0.1, 0.15) is 11.6 Å². The number of nitrogens with zero attached hydrogens (tertiary/aromatic N) is 1. The molecule has 6 heteroatoms. The molecule has 124 valence electrons. The van der Waals surface area contributed by atoms with Crippen molar-refractivity contribution in [3.05, 3.63) is 42.0 Å². The molecule has 1 saturated heterocycles. The summed E-state index contributed by atoms with van der Waals surface area (Å²) in [4.78, 5) is 1.72. The molecule has 0 saturated carbocycles. The van der Waals surface area contributed by atoms with Crippen molar-refractivity contribution in [2.24, 2.45) is 0 Å². The monoisotopic (exact) mass is 322 g/mol. The summed E-state index contributed by atoms with van der Waals surface area (Å²) in [6, 6.07) is 8.78. The molecular weight excluding hydrogens is 302 g/mol. The maximum atomic E-state index is 14.4. The number of aliphatic hydroxyl groups is 1. The zero-order chi connectivity index (χ0) is 16.4. The standard InChI is InChI=1S/C17H20F2N2O2/c18-17(19,11-22)16(21-7-5-20-6-8-21)14-2-1-13-10-15(23)4-3-12(13)9-14/h1-4,9-10,16,20,22-23H,5-8,11H2/t16-/m0/s1. The molecule has 0 unspecified atom stereocenters. The molecule has 0 spiro atoms. The molecule has 1 aliphatic rings. The van der Waals surface area contributed by atoms with Gasteiger partial charge in [0.1, 0.15) is 18.4 Å². The van der Waals surface area contributed by atoms with Gasteiger partial charge < -0.3 is 15.5 Å². The van der Waals surface area contributed by atoms with Gasteiger partial charge >= 0.3 is 0 Å². The Kier molecular flexibility index (Phi) is 4.48. The largest absolute Gasteiger partial charge is 0.508 e. The van der Waals surface area contributed by atoms with Crippen LogP contribution in [0.15, 0.2) is 36.4 Å². The van der Waals surface area contributed by atoms with Crippen molar-refractivity contribution in [1.82, 2.24) is 10.2 Å². The summed E-state index contributed by atoms with van der Waals surface area (Å²) in [6.45, 7) is 1.13. The number of phenolic OH excluding ortho intramolecular Hbond substituents is 1. The number of aliphatic hydroxyl groups excluding tert-OH is 1. The number of phenols is 1. The van der Waals surface area contributed by atoms with Crippen LogP contribution in [-0.2, 0) is 0 Å². The van der Waals surface area contributed by atoms with E-state index in [1.54, 1.807) is 35.2 Å². The van der Waals surface area contributed by atoms with Gasteiger partial charge in [-0.1, -0.05) is 18.2 Å². The number of piperazine rings is 1. The van der Waals surface area contributed by atoms with Crippen molar-refractivity contribution in [3.8, 4) is 5.75 Å². The lowest BCUT2D eigenvalue weighted by Gasteiger charge is -2.38. The third-order valence-electron chi connectivity index (χ3n) is 4.29. The van der Waals surface area contributed by atoms with E-state index < -0.39 is 18.6 Å². The van der Waals surface area contributed by atoms with Gasteiger partial charge in [0, 0.05) is 26.2 Å². The second kappa shape index (κ2) is 6.39. The van der Waals surface area contributed by atoms with E-state index in [1.165, 1.54) is 6.07 Å². The summed E-state index contributed by atoms with van der Waals surface area (Å²) in [5.41, 5.74) is 0.476. The Labute approximate surface area is 133 Å². The first-order chi connectivity index (χ1) is 11.0. The van der Waals surface area contributed by atoms with Crippen molar-refractivity contribution < 1.29 is 19.0 Å². The Balaban J connectivity index is 2.03. The number of rotatable bonds is 4. The fourth-order valence-electron chi connectivity index (χ4n) is 3.17. The molecule has 3 N–H and O–H groups in total. The van der Waals surface area contributed by atoms with Crippen molar-refractivity contribution >= 4 is 10.8 Å². The first-order valence-electron chi connectivity index (χ1n) is 7.67. The van der Waals surface area contributed by atoms with Crippen LogP contribution in [0.5, 0.6) is 5.75 Å². The van der Waals surface area contributed by atoms with Gasteiger partial charge in [0.05, 0.1) is 0 Å². The lowest BCUT2D eigenvalue weighted by Crippen LogP contribution is -2.51. The maximum Gasteiger partial charge on any atom is 0.289 e. The van der Waals surface area contributed by atoms with Crippen LogP contribution in [0.2, 0.25) is 0 Å². The molecule has 1 fully saturated rings. The summed E-state index contributed by atoms with van der Waals surface area (Å²) >= 11 is 0. The maximum absolute atomic E-state index is 14.4. The Bertz CT molecular complexity index is 687. The lowest BCUT2D eigenvalue weighted by molar-refractivity contribution is -0.118. The van der Waals surface area contributed by atoms with E-state index >= 15 is 0 Å². The van der Waals surface area contributed by atoms with Gasteiger partial charge in [0.2, 0.25) is 0 Å². The number of halogens is 2. The summed E-state index contributed by atoms with van der Waals surface area (Å²) in [5.74, 6) is -3.08. The fraction of sp³-hybridized carbons (Fsp3) is 0.412. The number of fused-ring (bicyclic) bond motifs is 1. The van der Waals surface area contributed by atoms with E-state index in [2.05, 4.69) is 5.32 Å². The molecule has 0 bridgehead atoms. The summed E-state index contributed by atoms with van der Waals surface area (Å²) < 4.78 is 28.8. The average molecular weight is 322 g/mol. The number of nitrogens with one attached hydrogen (secondary N) is 1. The van der Waals surface area contributed by atoms with Crippen LogP contribution in [0.3, 0.4) is 0 Å². The smallest absolute Gasteiger partial charge is 0.289 e. The quantitative estimate of drug-likeness (QED) is 0.807. The molecule has 23 heavy (non-hydrogen) atoms. The first-order valence-corrected chi connectivity index (χ1v) is 7.67. The van der Waals surface area contributed by atoms with Crippen LogP contribution >= 0.6 is 0 Å². The lowest BCUT2D eigenvalue weighted by atomic mass is 9.95. The molecule has 1 aliphatic heterocycles. The van der Waals surface area contributed by atoms with Gasteiger partial charge in [0.15, 0.2) is 0 Å². The number of hydrogen-bond acceptors (Lipinski definition) is 4. The second-order valence-electron chi connectivity index (χ2n) is 5.90. The van der Waals surface area contributed by atoms with Gasteiger partial charge in [-0.15, -0.1) is 0 Å². The van der Waals surface area contributed by atoms with E-state index in [0.717, 1.165) is 10.8 Å². The van der Waals surface area contributed by atoms with Crippen molar-refractivity contribution in [2.45, 2.75) is 12.0 Å². The molecule has 2 aromatic rings. The molecule has 0 aliphatic carbocycles. The minimum atomic E-state index is -3.22. The Morgan fingerprint density at radius 1 is 1.09 bits per heavy atom. The highest BCUT2D eigenvalue weighted by Crippen LogP contribution is 2.37. The van der Waals surface area contributed by atoms with Gasteiger partial charge in [0.25, 0.3) is 5.92 Å². The van der Waals surface area contributed by atoms with E-state index in [-0.39, 0.29) is 5.75 Å². The molecule has 1 heterocycles. The topological polar surface area (TPSA) is 55.7 Å². The normalized spacial score (nSPS) is 18.2. The SMILES string of the molecule is OCC(F)(F)[C@H](c1ccc2cc(O)ccc2c1)N1CCNCC1. The summed E-state index contributed by atoms with van der Waals surface area (Å²) in [6.07, 6.45) is 0. The third kappa shape index (κ3) is 3.29. The Hall–Kier alpha value is -1.76. The van der Waals surface area contributed by atoms with Crippen LogP contribution < -0.4 is 5.32 Å². The van der Waals surface area contributed by atoms with Crippen LogP contribution in [-0.4, -0.2) is 53.8 Å². The highest BCUT2D eigenvalue weighted by molar-refractivity contribution is 5.84. The predicted molar refractivity (Wildman–Crippen MR) is 84.8 cm³/mol. The molecule has 4 nitrogen and oxygen atoms in total. The third-order valence-corrected chi connectivity index (χ3v) is 4.29. The summed E-state index contributed by atoms with van der Waals surface area (Å²) in [5, 5.41) is 23.4. The zero-order valence-electron chi connectivity index (χ0n) is 12.7. The van der Waals surface area contributed by atoms with Gasteiger partial charge in [-0.2, -0.15) is 0 Å². The number of benzene rings is 2. The Morgan fingerprint density at radius 3 is 2.43 bits per heavy atom. The molecule has 2 aromatic carbocycles. The zero-order valence-corrected chi connectivity index (χ0v) is 12.7. The molecule has 1 atom stereocenters. The van der Waals surface area contributed by atoms with Crippen LogP contribution in [0.4, 0.5) is 8.78 Å². The minimum absolute atomic E-state index is 0.143. The second-order valence-corrected chi connectivity index (χ2v) is 5.90. The van der Waals surface area contributed by atoms with E-state index in [4.69, 9.17) is 0 Å². The van der Waals surface area contributed by atoms with Crippen molar-refractivity contribution in [3.63, 3.8) is 0 Å². The van der Waals surface area contributed by atoms with Crippen LogP contribution in [0.25, 0.3) is 10.8 Å². The van der Waals surface area contributed by atoms with Crippen LogP contribution in [0, 0.1) is 0 Å². The minimum Gasteiger partial charge on any atom is -0.508 e. The number of hydrogen-bond donors (Lipinski definition) is 3. The number of aromatic hydroxyl groups is 1. The molecule has 0 radical (unpaired) electrons. The first kappa shape index (κ1) is 16.1. The van der Waals surface area contributed by atoms with Crippen molar-refractivity contribution in [1.29, 1.82) is 0 Å². The fourth-order valence-corrected chi connectivity index (χ4v) is 3.17. The molecule has 0 aromatic heterocycles. The van der Waals surface area contributed by atoms with E-state index in [9.17, 15) is 19.0 Å². The molecule has 0 amide bonds. The van der Waals surface area contributed by atoms with Gasteiger partial charge in [-0.05, 0) is 34.5 Å². The van der Waals surface area contributed by atoms with E-state index in [0.29, 0.717) is 31.7 Å². The molecule has 3 rings (SSSR count). The highest BCUT2D eigenvalue weighted by Gasteiger charge is 2.44. The van der Waals surface area contributed by atoms with E-state index in [1.807, 2.05) is 0 Å². The van der Waals surface area contributed by atoms with Gasteiger partial charge in [-0.3, -0.25) is 4.90 Å². The van der Waals surface area contributed by atoms with Gasteiger partial charge in [-0.25, -0.2) is 8.78 Å². The average Bonchev–Trinajstić information content (AvgIpc) is 2.56. The van der Waals surface area contributed by atoms with Crippen molar-refractivity contribution in [2.75, 3.05) is 32.8 Å². The highest BCUT2D eigenvalue weighted by atomic mass is 19.3. The predicted octanol–water partition coefficient (Wildman–Crippen LogP) is 2.12. The Morgan fingerprint density at radius 2 is 1.74 bits per heavy atom. The summed E-state index contributed by atoms with van der Waals surface area (Å²) in [7, 11) is 0.